The van der Waals surface area contributed by atoms with Crippen LogP contribution in [0.25, 0.3) is 5.82 Å². The summed E-state index contributed by atoms with van der Waals surface area (Å²) in [5.41, 5.74) is 4.54. The first kappa shape index (κ1) is 19.3. The van der Waals surface area contributed by atoms with Crippen LogP contribution in [0.5, 0.6) is 0 Å². The van der Waals surface area contributed by atoms with Crippen LogP contribution < -0.4 is 4.72 Å². The fourth-order valence-electron chi connectivity index (χ4n) is 3.12. The van der Waals surface area contributed by atoms with Gasteiger partial charge in [0.1, 0.15) is 0 Å². The van der Waals surface area contributed by atoms with Gasteiger partial charge in [0, 0.05) is 18.4 Å². The zero-order chi connectivity index (χ0) is 19.6. The fourth-order valence-corrected chi connectivity index (χ4v) is 4.48. The number of hydrogen-bond donors (Lipinski definition) is 1. The first-order valence-corrected chi connectivity index (χ1v) is 10.3. The summed E-state index contributed by atoms with van der Waals surface area (Å²) in [5.74, 6) is 0.750. The first-order valence-electron chi connectivity index (χ1n) is 8.83. The highest BCUT2D eigenvalue weighted by molar-refractivity contribution is 7.89. The Kier molecular flexibility index (Phi) is 5.43. The van der Waals surface area contributed by atoms with Crippen LogP contribution in [0, 0.1) is 27.7 Å². The largest absolute Gasteiger partial charge is 0.240 e. The fraction of sp³-hybridized carbons (Fsp3) is 0.300. The Labute approximate surface area is 160 Å². The minimum atomic E-state index is -3.54. The molecular formula is C20H24N4O2S. The maximum atomic E-state index is 12.7. The van der Waals surface area contributed by atoms with E-state index in [1.54, 1.807) is 23.9 Å². The van der Waals surface area contributed by atoms with Crippen molar-refractivity contribution in [2.24, 2.45) is 0 Å². The molecule has 27 heavy (non-hydrogen) atoms. The van der Waals surface area contributed by atoms with Crippen LogP contribution in [0.3, 0.4) is 0 Å². The molecule has 0 spiro atoms. The number of benzene rings is 1. The molecule has 0 aliphatic rings. The lowest BCUT2D eigenvalue weighted by molar-refractivity contribution is 0.580. The third kappa shape index (κ3) is 4.09. The van der Waals surface area contributed by atoms with Gasteiger partial charge in [-0.15, -0.1) is 0 Å². The van der Waals surface area contributed by atoms with Crippen LogP contribution in [-0.4, -0.2) is 29.7 Å². The third-order valence-corrected chi connectivity index (χ3v) is 6.21. The van der Waals surface area contributed by atoms with Crippen molar-refractivity contribution < 1.29 is 8.42 Å². The summed E-state index contributed by atoms with van der Waals surface area (Å²) >= 11 is 0. The van der Waals surface area contributed by atoms with Gasteiger partial charge < -0.3 is 0 Å². The topological polar surface area (TPSA) is 76.9 Å². The van der Waals surface area contributed by atoms with Crippen LogP contribution in [0.2, 0.25) is 0 Å². The molecule has 2 aromatic heterocycles. The van der Waals surface area contributed by atoms with Gasteiger partial charge in [-0.1, -0.05) is 18.2 Å². The molecule has 0 bridgehead atoms. The van der Waals surface area contributed by atoms with Crippen molar-refractivity contribution in [2.75, 3.05) is 6.54 Å². The van der Waals surface area contributed by atoms with Crippen LogP contribution >= 0.6 is 0 Å². The highest BCUT2D eigenvalue weighted by Gasteiger charge is 2.18. The summed E-state index contributed by atoms with van der Waals surface area (Å²) in [6, 6.07) is 11.1. The molecule has 0 radical (unpaired) electrons. The summed E-state index contributed by atoms with van der Waals surface area (Å²) in [6.45, 7) is 7.91. The molecule has 2 heterocycles. The number of nitrogens with one attached hydrogen (secondary N) is 1. The van der Waals surface area contributed by atoms with E-state index in [2.05, 4.69) is 14.8 Å². The lowest BCUT2D eigenvalue weighted by Gasteiger charge is -2.10. The molecule has 0 amide bonds. The molecule has 0 saturated carbocycles. The van der Waals surface area contributed by atoms with Crippen molar-refractivity contribution in [1.29, 1.82) is 0 Å². The molecule has 0 unspecified atom stereocenters. The van der Waals surface area contributed by atoms with Crippen LogP contribution in [-0.2, 0) is 16.4 Å². The van der Waals surface area contributed by atoms with E-state index < -0.39 is 10.0 Å². The molecule has 1 N–H and O–H groups in total. The van der Waals surface area contributed by atoms with E-state index in [9.17, 15) is 8.42 Å². The van der Waals surface area contributed by atoms with Crippen molar-refractivity contribution in [3.05, 3.63) is 70.7 Å². The summed E-state index contributed by atoms with van der Waals surface area (Å²) in [6.07, 6.45) is 2.29. The van der Waals surface area contributed by atoms with E-state index in [0.29, 0.717) is 17.9 Å². The molecule has 3 aromatic rings. The van der Waals surface area contributed by atoms with Gasteiger partial charge in [-0.05, 0) is 69.0 Å². The monoisotopic (exact) mass is 384 g/mol. The molecule has 1 aromatic carbocycles. The molecule has 0 fully saturated rings. The van der Waals surface area contributed by atoms with Crippen LogP contribution in [0.1, 0.15) is 28.1 Å². The Morgan fingerprint density at radius 3 is 2.56 bits per heavy atom. The second-order valence-corrected chi connectivity index (χ2v) is 8.40. The van der Waals surface area contributed by atoms with Gasteiger partial charge in [-0.2, -0.15) is 5.10 Å². The van der Waals surface area contributed by atoms with Gasteiger partial charge in [0.15, 0.2) is 5.82 Å². The van der Waals surface area contributed by atoms with Crippen molar-refractivity contribution in [3.63, 3.8) is 0 Å². The molecule has 0 saturated heterocycles. The summed E-state index contributed by atoms with van der Waals surface area (Å²) < 4.78 is 29.8. The number of pyridine rings is 1. The van der Waals surface area contributed by atoms with Gasteiger partial charge >= 0.3 is 0 Å². The lowest BCUT2D eigenvalue weighted by atomic mass is 10.1. The van der Waals surface area contributed by atoms with Gasteiger partial charge in [0.25, 0.3) is 0 Å². The number of aromatic nitrogens is 3. The zero-order valence-electron chi connectivity index (χ0n) is 16.0. The Hall–Kier alpha value is -2.51. The Morgan fingerprint density at radius 2 is 1.85 bits per heavy atom. The van der Waals surface area contributed by atoms with E-state index in [-0.39, 0.29) is 0 Å². The second kappa shape index (κ2) is 7.62. The standard InChI is InChI=1S/C20H24N4O2S/c1-14-8-9-15(2)19(13-14)27(25,26)22-12-10-18-16(3)23-24(17(18)4)20-7-5-6-11-21-20/h5-9,11,13,22H,10,12H2,1-4H3. The summed E-state index contributed by atoms with van der Waals surface area (Å²) in [7, 11) is -3.54. The molecule has 7 heteroatoms. The van der Waals surface area contributed by atoms with Crippen molar-refractivity contribution in [3.8, 4) is 5.82 Å². The van der Waals surface area contributed by atoms with E-state index >= 15 is 0 Å². The predicted molar refractivity (Wildman–Crippen MR) is 106 cm³/mol. The van der Waals surface area contributed by atoms with E-state index in [1.807, 2.05) is 51.1 Å². The minimum absolute atomic E-state index is 0.311. The van der Waals surface area contributed by atoms with Gasteiger partial charge in [0.2, 0.25) is 10.0 Å². The van der Waals surface area contributed by atoms with Crippen LogP contribution in [0.4, 0.5) is 0 Å². The number of sulfonamides is 1. The lowest BCUT2D eigenvalue weighted by Crippen LogP contribution is -2.27. The Balaban J connectivity index is 1.76. The van der Waals surface area contributed by atoms with Gasteiger partial charge in [0.05, 0.1) is 10.6 Å². The number of rotatable bonds is 6. The minimum Gasteiger partial charge on any atom is -0.237 e. The highest BCUT2D eigenvalue weighted by Crippen LogP contribution is 2.19. The highest BCUT2D eigenvalue weighted by atomic mass is 32.2. The second-order valence-electron chi connectivity index (χ2n) is 6.67. The van der Waals surface area contributed by atoms with Crippen molar-refractivity contribution in [2.45, 2.75) is 39.0 Å². The number of nitrogens with zero attached hydrogens (tertiary/aromatic N) is 3. The molecule has 3 rings (SSSR count). The molecule has 0 atom stereocenters. The van der Waals surface area contributed by atoms with E-state index in [0.717, 1.165) is 33.9 Å². The summed E-state index contributed by atoms with van der Waals surface area (Å²) in [4.78, 5) is 4.66. The Bertz CT molecular complexity index is 1060. The van der Waals surface area contributed by atoms with Crippen molar-refractivity contribution >= 4 is 10.0 Å². The van der Waals surface area contributed by atoms with Gasteiger partial charge in [-0.3, -0.25) is 0 Å². The number of hydrogen-bond acceptors (Lipinski definition) is 4. The smallest absolute Gasteiger partial charge is 0.237 e. The molecule has 0 aliphatic heterocycles. The van der Waals surface area contributed by atoms with Crippen LogP contribution in [0.15, 0.2) is 47.5 Å². The van der Waals surface area contributed by atoms with Gasteiger partial charge in [-0.25, -0.2) is 22.8 Å². The Morgan fingerprint density at radius 1 is 1.07 bits per heavy atom. The maximum Gasteiger partial charge on any atom is 0.240 e. The average Bonchev–Trinajstić information content (AvgIpc) is 2.92. The molecular weight excluding hydrogens is 360 g/mol. The van der Waals surface area contributed by atoms with E-state index in [4.69, 9.17) is 0 Å². The van der Waals surface area contributed by atoms with Crippen molar-refractivity contribution in [1.82, 2.24) is 19.5 Å². The predicted octanol–water partition coefficient (Wildman–Crippen LogP) is 3.02. The normalized spacial score (nSPS) is 11.7. The third-order valence-electron chi connectivity index (χ3n) is 4.61. The van der Waals surface area contributed by atoms with E-state index in [1.165, 1.54) is 0 Å². The summed E-state index contributed by atoms with van der Waals surface area (Å²) in [5, 5.41) is 4.56. The SMILES string of the molecule is Cc1ccc(C)c(S(=O)(=O)NCCc2c(C)nn(-c3ccccn3)c2C)c1. The number of aryl methyl sites for hydroxylation is 3. The first-order chi connectivity index (χ1) is 12.8. The molecule has 6 nitrogen and oxygen atoms in total. The average molecular weight is 385 g/mol. The zero-order valence-corrected chi connectivity index (χ0v) is 16.8. The maximum absolute atomic E-state index is 12.7. The quantitative estimate of drug-likeness (QED) is 0.709. The molecule has 0 aliphatic carbocycles. The molecule has 142 valence electrons.